The van der Waals surface area contributed by atoms with E-state index >= 15 is 0 Å². The Morgan fingerprint density at radius 3 is 1.57 bits per heavy atom. The predicted octanol–water partition coefficient (Wildman–Crippen LogP) is 5.75. The van der Waals surface area contributed by atoms with Crippen LogP contribution in [0.1, 0.15) is 27.8 Å². The van der Waals surface area contributed by atoms with E-state index in [1.807, 2.05) is 107 Å². The molecular formula is C44H40BBrN10O4. The SMILES string of the molecule is Cc1cc(C)cc(-c2ncn(/C=C(/C(N)=O)c3cnc4ccccc4c3)n2)c1.Cc1cc(C)cc(-c2ncn(/C=C(\Br)C(N)=O)n2)c1.OB(O)c1cnc2ccccc2c1. The second-order valence-corrected chi connectivity index (χ2v) is 14.7. The fraction of sp³-hybridized carbons (Fsp3) is 0.0909. The lowest BCUT2D eigenvalue weighted by molar-refractivity contribution is -0.114. The zero-order chi connectivity index (χ0) is 42.9. The molecule has 16 heteroatoms. The molecule has 0 radical (unpaired) electrons. The lowest BCUT2D eigenvalue weighted by atomic mass is 9.81. The van der Waals surface area contributed by atoms with Crippen LogP contribution in [0.4, 0.5) is 0 Å². The van der Waals surface area contributed by atoms with Crippen molar-refractivity contribution in [3.8, 4) is 22.8 Å². The van der Waals surface area contributed by atoms with Crippen molar-refractivity contribution < 1.29 is 19.6 Å². The number of pyridine rings is 2. The van der Waals surface area contributed by atoms with Gasteiger partial charge in [-0.25, -0.2) is 19.3 Å². The number of halogens is 1. The Hall–Kier alpha value is -7.14. The van der Waals surface area contributed by atoms with Crippen LogP contribution >= 0.6 is 15.9 Å². The molecule has 4 heterocycles. The van der Waals surface area contributed by atoms with E-state index in [1.165, 1.54) is 28.1 Å². The Morgan fingerprint density at radius 2 is 1.08 bits per heavy atom. The predicted molar refractivity (Wildman–Crippen MR) is 239 cm³/mol. The van der Waals surface area contributed by atoms with Crippen LogP contribution in [0, 0.1) is 27.7 Å². The molecule has 0 aliphatic rings. The number of aromatic nitrogens is 8. The van der Waals surface area contributed by atoms with Crippen molar-refractivity contribution >= 4 is 80.1 Å². The van der Waals surface area contributed by atoms with Gasteiger partial charge in [0.15, 0.2) is 11.6 Å². The van der Waals surface area contributed by atoms with Gasteiger partial charge in [0.25, 0.3) is 11.8 Å². The van der Waals surface area contributed by atoms with Crippen LogP contribution in [-0.2, 0) is 9.59 Å². The summed E-state index contributed by atoms with van der Waals surface area (Å²) in [5, 5.41) is 28.4. The molecule has 6 N–H and O–H groups in total. The van der Waals surface area contributed by atoms with Crippen LogP contribution in [-0.4, -0.2) is 68.5 Å². The summed E-state index contributed by atoms with van der Waals surface area (Å²) in [6, 6.07) is 31.1. The van der Waals surface area contributed by atoms with Gasteiger partial charge >= 0.3 is 7.12 Å². The molecule has 300 valence electrons. The van der Waals surface area contributed by atoms with Crippen molar-refractivity contribution in [2.45, 2.75) is 27.7 Å². The zero-order valence-corrected chi connectivity index (χ0v) is 34.7. The van der Waals surface area contributed by atoms with Gasteiger partial charge in [-0.2, -0.15) is 0 Å². The summed E-state index contributed by atoms with van der Waals surface area (Å²) in [7, 11) is -1.45. The number of benzene rings is 4. The van der Waals surface area contributed by atoms with Crippen molar-refractivity contribution in [3.63, 3.8) is 0 Å². The summed E-state index contributed by atoms with van der Waals surface area (Å²) < 4.78 is 3.19. The molecule has 8 rings (SSSR count). The standard InChI is InChI=1S/C22H19N5O.C13H13BrN4O.C9H8BNO2/c1-14-7-15(2)9-17(8-14)22-25-13-27(26-22)12-19(21(23)28)18-10-16-5-3-4-6-20(16)24-11-18;1-8-3-9(2)5-10(4-8)13-16-7-18(17-13)6-11(14)12(15)19;12-10(13)8-5-7-3-1-2-4-9(7)11-6-8/h3-13H,1-2H3,(H2,23,28);3-7H,1-2H3,(H2,15,19);1-6,12-13H/b19-12+;11-6-;. The summed E-state index contributed by atoms with van der Waals surface area (Å²) in [5.41, 5.74) is 20.3. The number of amides is 2. The van der Waals surface area contributed by atoms with E-state index in [0.717, 1.165) is 55.2 Å². The minimum atomic E-state index is -1.45. The van der Waals surface area contributed by atoms with Crippen molar-refractivity contribution in [1.82, 2.24) is 39.5 Å². The molecule has 0 aliphatic heterocycles. The molecule has 4 aromatic heterocycles. The fourth-order valence-electron chi connectivity index (χ4n) is 6.19. The first-order chi connectivity index (χ1) is 28.7. The number of para-hydroxylation sites is 2. The summed E-state index contributed by atoms with van der Waals surface area (Å²) >= 11 is 3.07. The van der Waals surface area contributed by atoms with E-state index in [0.29, 0.717) is 28.2 Å². The number of nitrogens with two attached hydrogens (primary N) is 2. The summed E-state index contributed by atoms with van der Waals surface area (Å²) in [6.45, 7) is 8.12. The largest absolute Gasteiger partial charge is 0.490 e. The number of carbonyl (C=O) groups excluding carboxylic acids is 2. The summed E-state index contributed by atoms with van der Waals surface area (Å²) in [6.07, 6.45) is 9.24. The molecule has 0 atom stereocenters. The molecule has 0 spiro atoms. The Morgan fingerprint density at radius 1 is 0.617 bits per heavy atom. The number of fused-ring (bicyclic) bond motifs is 2. The second-order valence-electron chi connectivity index (χ2n) is 13.8. The number of hydrogen-bond acceptors (Lipinski definition) is 10. The smallest absolute Gasteiger partial charge is 0.423 e. The first-order valence-electron chi connectivity index (χ1n) is 18.5. The number of aryl methyl sites for hydroxylation is 4. The highest BCUT2D eigenvalue weighted by Crippen LogP contribution is 2.22. The van der Waals surface area contributed by atoms with Gasteiger partial charge in [-0.15, -0.1) is 10.2 Å². The van der Waals surface area contributed by atoms with Crippen LogP contribution in [0.3, 0.4) is 0 Å². The molecule has 0 aliphatic carbocycles. The Bertz CT molecular complexity index is 2870. The van der Waals surface area contributed by atoms with Crippen LogP contribution in [0.5, 0.6) is 0 Å². The number of nitrogens with zero attached hydrogens (tertiary/aromatic N) is 8. The molecule has 2 amide bonds. The Labute approximate surface area is 354 Å². The molecule has 4 aromatic carbocycles. The topological polar surface area (TPSA) is 214 Å². The highest BCUT2D eigenvalue weighted by Gasteiger charge is 2.13. The van der Waals surface area contributed by atoms with Crippen molar-refractivity contribution in [1.29, 1.82) is 0 Å². The average molecular weight is 864 g/mol. The maximum atomic E-state index is 12.1. The monoisotopic (exact) mass is 862 g/mol. The highest BCUT2D eigenvalue weighted by molar-refractivity contribution is 9.12. The van der Waals surface area contributed by atoms with Crippen molar-refractivity contribution in [2.75, 3.05) is 0 Å². The van der Waals surface area contributed by atoms with Gasteiger partial charge in [-0.05, 0) is 91.5 Å². The van der Waals surface area contributed by atoms with Gasteiger partial charge in [-0.3, -0.25) is 19.6 Å². The maximum Gasteiger partial charge on any atom is 0.490 e. The molecule has 0 fully saturated rings. The van der Waals surface area contributed by atoms with Gasteiger partial charge in [-0.1, -0.05) is 76.9 Å². The van der Waals surface area contributed by atoms with Gasteiger partial charge in [0, 0.05) is 46.1 Å². The average Bonchev–Trinajstić information content (AvgIpc) is 3.89. The van der Waals surface area contributed by atoms with E-state index in [-0.39, 0.29) is 4.48 Å². The highest BCUT2D eigenvalue weighted by atomic mass is 79.9. The van der Waals surface area contributed by atoms with Crippen LogP contribution in [0.2, 0.25) is 0 Å². The molecule has 60 heavy (non-hydrogen) atoms. The van der Waals surface area contributed by atoms with Crippen LogP contribution < -0.4 is 16.9 Å². The molecule has 0 bridgehead atoms. The molecule has 8 aromatic rings. The Balaban J connectivity index is 0.000000163. The van der Waals surface area contributed by atoms with Crippen molar-refractivity contribution in [2.24, 2.45) is 11.5 Å². The number of primary amides is 2. The van der Waals surface area contributed by atoms with E-state index in [4.69, 9.17) is 21.5 Å². The number of hydrogen-bond donors (Lipinski definition) is 4. The molecule has 0 saturated heterocycles. The van der Waals surface area contributed by atoms with Gasteiger partial charge in [0.05, 0.1) is 22.8 Å². The third-order valence-corrected chi connectivity index (χ3v) is 9.39. The minimum Gasteiger partial charge on any atom is -0.423 e. The van der Waals surface area contributed by atoms with E-state index in [9.17, 15) is 9.59 Å². The molecule has 14 nitrogen and oxygen atoms in total. The van der Waals surface area contributed by atoms with Gasteiger partial charge in [0.2, 0.25) is 0 Å². The van der Waals surface area contributed by atoms with E-state index < -0.39 is 18.9 Å². The second kappa shape index (κ2) is 19.1. The third-order valence-electron chi connectivity index (χ3n) is 8.80. The molecule has 0 unspecified atom stereocenters. The van der Waals surface area contributed by atoms with Crippen molar-refractivity contribution in [3.05, 3.63) is 154 Å². The zero-order valence-electron chi connectivity index (χ0n) is 33.1. The number of carbonyl (C=O) groups is 2. The van der Waals surface area contributed by atoms with Gasteiger partial charge in [0.1, 0.15) is 17.1 Å². The lowest BCUT2D eigenvalue weighted by Crippen LogP contribution is -2.29. The first kappa shape index (κ1) is 42.5. The van der Waals surface area contributed by atoms with E-state index in [2.05, 4.69) is 58.2 Å². The molecule has 0 saturated carbocycles. The number of rotatable bonds is 8. The van der Waals surface area contributed by atoms with Crippen LogP contribution in [0.15, 0.2) is 127 Å². The fourth-order valence-corrected chi connectivity index (χ4v) is 6.40. The normalized spacial score (nSPS) is 11.4. The Kier molecular flexibility index (Phi) is 13.5. The van der Waals surface area contributed by atoms with Gasteiger partial charge < -0.3 is 21.5 Å². The third kappa shape index (κ3) is 11.1. The quantitative estimate of drug-likeness (QED) is 0.107. The summed E-state index contributed by atoms with van der Waals surface area (Å²) in [5.74, 6) is 0.0836. The minimum absolute atomic E-state index is 0.240. The lowest BCUT2D eigenvalue weighted by Gasteiger charge is -2.05. The first-order valence-corrected chi connectivity index (χ1v) is 19.3. The van der Waals surface area contributed by atoms with E-state index in [1.54, 1.807) is 24.8 Å². The molecular weight excluding hydrogens is 823 g/mol. The summed E-state index contributed by atoms with van der Waals surface area (Å²) in [4.78, 5) is 40.1. The maximum absolute atomic E-state index is 12.1. The van der Waals surface area contributed by atoms with Crippen LogP contribution in [0.25, 0.3) is 62.6 Å².